The smallest absolute Gasteiger partial charge is 0.300 e. The van der Waals surface area contributed by atoms with Crippen LogP contribution in [-0.4, -0.2) is 12.0 Å². The van der Waals surface area contributed by atoms with E-state index in [1.807, 2.05) is 13.8 Å². The molecule has 1 unspecified atom stereocenters. The van der Waals surface area contributed by atoms with Crippen molar-refractivity contribution in [1.29, 1.82) is 0 Å². The number of allylic oxidation sites excluding steroid dienone is 6. The Morgan fingerprint density at radius 3 is 2.09 bits per heavy atom. The van der Waals surface area contributed by atoms with Crippen LogP contribution in [0.15, 0.2) is 35.5 Å². The number of ketones is 1. The second kappa shape index (κ2) is 10.4. The van der Waals surface area contributed by atoms with Crippen LogP contribution in [-0.2, 0) is 4.79 Å². The Kier molecular flexibility index (Phi) is 9.79. The molecule has 0 aromatic rings. The van der Waals surface area contributed by atoms with E-state index in [0.29, 0.717) is 12.8 Å². The highest BCUT2D eigenvalue weighted by molar-refractivity contribution is 5.79. The Morgan fingerprint density at radius 2 is 1.68 bits per heavy atom. The van der Waals surface area contributed by atoms with E-state index in [9.17, 15) is 18.0 Å². The molecule has 0 aromatic carbocycles. The molecule has 126 valence electrons. The van der Waals surface area contributed by atoms with E-state index in [2.05, 4.69) is 0 Å². The van der Waals surface area contributed by atoms with E-state index in [4.69, 9.17) is 0 Å². The molecule has 1 atom stereocenters. The number of Topliss-reactive ketones (excluding diaryl/α,β-unsaturated/α-hetero) is 1. The lowest BCUT2D eigenvalue weighted by molar-refractivity contribution is -0.119. The first-order valence-electron chi connectivity index (χ1n) is 7.89. The number of carbonyl (C=O) groups excluding carboxylic acids is 1. The van der Waals surface area contributed by atoms with Gasteiger partial charge in [0.25, 0.3) is 0 Å². The lowest BCUT2D eigenvalue weighted by Crippen LogP contribution is -2.12. The quantitative estimate of drug-likeness (QED) is 0.465. The highest BCUT2D eigenvalue weighted by Crippen LogP contribution is 2.29. The molecule has 0 heterocycles. The van der Waals surface area contributed by atoms with Crippen LogP contribution >= 0.6 is 0 Å². The molecule has 0 N–H and O–H groups in total. The first-order chi connectivity index (χ1) is 10.3. The highest BCUT2D eigenvalue weighted by Gasteiger charge is 2.31. The lowest BCUT2D eigenvalue weighted by Gasteiger charge is -2.17. The summed E-state index contributed by atoms with van der Waals surface area (Å²) in [6.45, 7) is 7.14. The number of rotatable bonds is 9. The summed E-state index contributed by atoms with van der Waals surface area (Å²) >= 11 is 0. The van der Waals surface area contributed by atoms with Gasteiger partial charge in [-0.1, -0.05) is 44.6 Å². The molecule has 0 aromatic heterocycles. The maximum Gasteiger partial charge on any atom is 0.416 e. The molecule has 0 aliphatic carbocycles. The minimum absolute atomic E-state index is 0.00311. The van der Waals surface area contributed by atoms with Gasteiger partial charge in [-0.3, -0.25) is 4.79 Å². The van der Waals surface area contributed by atoms with Gasteiger partial charge in [-0.25, -0.2) is 0 Å². The van der Waals surface area contributed by atoms with Crippen molar-refractivity contribution in [2.75, 3.05) is 0 Å². The third-order valence-electron chi connectivity index (χ3n) is 3.54. The maximum absolute atomic E-state index is 12.7. The fourth-order valence-corrected chi connectivity index (χ4v) is 2.40. The van der Waals surface area contributed by atoms with Crippen molar-refractivity contribution in [2.24, 2.45) is 5.92 Å². The largest absolute Gasteiger partial charge is 0.416 e. The van der Waals surface area contributed by atoms with E-state index >= 15 is 0 Å². The second-order valence-electron chi connectivity index (χ2n) is 5.34. The summed E-state index contributed by atoms with van der Waals surface area (Å²) in [5.74, 6) is 0.174. The Balaban J connectivity index is 5.14. The Morgan fingerprint density at radius 1 is 1.05 bits per heavy atom. The highest BCUT2D eigenvalue weighted by atomic mass is 19.4. The molecule has 1 nitrogen and oxygen atoms in total. The summed E-state index contributed by atoms with van der Waals surface area (Å²) in [4.78, 5) is 11.9. The van der Waals surface area contributed by atoms with Crippen molar-refractivity contribution in [2.45, 2.75) is 66.0 Å². The monoisotopic (exact) mass is 316 g/mol. The summed E-state index contributed by atoms with van der Waals surface area (Å²) in [6.07, 6.45) is 4.55. The Bertz CT molecular complexity index is 428. The molecular weight excluding hydrogens is 289 g/mol. The van der Waals surface area contributed by atoms with E-state index in [-0.39, 0.29) is 11.7 Å². The molecule has 0 bridgehead atoms. The minimum Gasteiger partial charge on any atom is -0.300 e. The van der Waals surface area contributed by atoms with E-state index < -0.39 is 11.7 Å². The molecule has 22 heavy (non-hydrogen) atoms. The van der Waals surface area contributed by atoms with Crippen molar-refractivity contribution in [3.63, 3.8) is 0 Å². The number of hydrogen-bond donors (Lipinski definition) is 0. The van der Waals surface area contributed by atoms with Gasteiger partial charge in [0.2, 0.25) is 0 Å². The van der Waals surface area contributed by atoms with Gasteiger partial charge in [0, 0.05) is 12.8 Å². The van der Waals surface area contributed by atoms with E-state index in [1.165, 1.54) is 13.0 Å². The van der Waals surface area contributed by atoms with Crippen LogP contribution in [0, 0.1) is 5.92 Å². The lowest BCUT2D eigenvalue weighted by atomic mass is 9.87. The Labute approximate surface area is 132 Å². The van der Waals surface area contributed by atoms with Gasteiger partial charge in [0.1, 0.15) is 5.78 Å². The summed E-state index contributed by atoms with van der Waals surface area (Å²) in [6, 6.07) is 0. The molecule has 0 rings (SSSR count). The number of carbonyl (C=O) groups is 1. The molecule has 0 fully saturated rings. The summed E-state index contributed by atoms with van der Waals surface area (Å²) in [5, 5.41) is 0. The summed E-state index contributed by atoms with van der Waals surface area (Å²) in [5.41, 5.74) is 0.136. The van der Waals surface area contributed by atoms with Crippen LogP contribution in [0.25, 0.3) is 0 Å². The standard InChI is InChI=1S/C18H27F3O/c1-5-9-15(13-17(22)10-6-2)14(7-3)11-12-16(8-4)18(19,20)21/h7-8,11-12,15H,5-6,9-10,13H2,1-4H3/b12-11-,14-7+,16-8+. The molecule has 0 saturated heterocycles. The van der Waals surface area contributed by atoms with Crippen LogP contribution in [0.4, 0.5) is 13.2 Å². The van der Waals surface area contributed by atoms with Gasteiger partial charge < -0.3 is 0 Å². The number of halogens is 3. The topological polar surface area (TPSA) is 17.1 Å². The zero-order chi connectivity index (χ0) is 17.2. The molecule has 0 saturated carbocycles. The van der Waals surface area contributed by atoms with E-state index in [1.54, 1.807) is 13.0 Å². The third kappa shape index (κ3) is 7.62. The van der Waals surface area contributed by atoms with E-state index in [0.717, 1.165) is 37.0 Å². The van der Waals surface area contributed by atoms with Crippen molar-refractivity contribution in [3.05, 3.63) is 35.5 Å². The van der Waals surface area contributed by atoms with Crippen LogP contribution in [0.2, 0.25) is 0 Å². The molecule has 0 aliphatic heterocycles. The van der Waals surface area contributed by atoms with Gasteiger partial charge in [0.05, 0.1) is 5.57 Å². The Hall–Kier alpha value is -1.32. The van der Waals surface area contributed by atoms with Gasteiger partial charge >= 0.3 is 6.18 Å². The van der Waals surface area contributed by atoms with Crippen molar-refractivity contribution >= 4 is 5.78 Å². The normalized spacial score (nSPS) is 15.4. The average molecular weight is 316 g/mol. The van der Waals surface area contributed by atoms with Gasteiger partial charge in [-0.05, 0) is 38.2 Å². The fraction of sp³-hybridized carbons (Fsp3) is 0.611. The average Bonchev–Trinajstić information content (AvgIpc) is 2.42. The number of alkyl halides is 3. The first kappa shape index (κ1) is 20.7. The molecule has 0 amide bonds. The predicted molar refractivity (Wildman–Crippen MR) is 85.6 cm³/mol. The zero-order valence-electron chi connectivity index (χ0n) is 14.0. The summed E-state index contributed by atoms with van der Waals surface area (Å²) in [7, 11) is 0. The molecule has 4 heteroatoms. The summed E-state index contributed by atoms with van der Waals surface area (Å²) < 4.78 is 38.2. The van der Waals surface area contributed by atoms with Crippen LogP contribution in [0.5, 0.6) is 0 Å². The van der Waals surface area contributed by atoms with Gasteiger partial charge in [0.15, 0.2) is 0 Å². The number of hydrogen-bond acceptors (Lipinski definition) is 1. The third-order valence-corrected chi connectivity index (χ3v) is 3.54. The SMILES string of the molecule is C\C=C(/C=C\C(=C/C)C(F)(F)F)C(CCC)CC(=O)CCC. The minimum atomic E-state index is -4.34. The maximum atomic E-state index is 12.7. The van der Waals surface area contributed by atoms with Crippen LogP contribution in [0.1, 0.15) is 59.8 Å². The van der Waals surface area contributed by atoms with Gasteiger partial charge in [-0.2, -0.15) is 13.2 Å². The zero-order valence-corrected chi connectivity index (χ0v) is 14.0. The molecule has 0 spiro atoms. The van der Waals surface area contributed by atoms with Crippen molar-refractivity contribution in [1.82, 2.24) is 0 Å². The molecular formula is C18H27F3O. The van der Waals surface area contributed by atoms with Gasteiger partial charge in [-0.15, -0.1) is 0 Å². The van der Waals surface area contributed by atoms with Crippen LogP contribution < -0.4 is 0 Å². The molecule has 0 radical (unpaired) electrons. The fourth-order valence-electron chi connectivity index (χ4n) is 2.40. The first-order valence-corrected chi connectivity index (χ1v) is 7.89. The van der Waals surface area contributed by atoms with Crippen LogP contribution in [0.3, 0.4) is 0 Å². The second-order valence-corrected chi connectivity index (χ2v) is 5.34. The van der Waals surface area contributed by atoms with Crippen molar-refractivity contribution < 1.29 is 18.0 Å². The van der Waals surface area contributed by atoms with Crippen molar-refractivity contribution in [3.8, 4) is 0 Å². The molecule has 0 aliphatic rings. The predicted octanol–water partition coefficient (Wildman–Crippen LogP) is 6.17.